The summed E-state index contributed by atoms with van der Waals surface area (Å²) in [5, 5.41) is 0. The van der Waals surface area contributed by atoms with Crippen LogP contribution in [0, 0.1) is 5.92 Å². The van der Waals surface area contributed by atoms with Crippen LogP contribution in [0.2, 0.25) is 0 Å². The van der Waals surface area contributed by atoms with Crippen molar-refractivity contribution in [3.05, 3.63) is 0 Å². The van der Waals surface area contributed by atoms with Gasteiger partial charge in [0.2, 0.25) is 0 Å². The maximum absolute atomic E-state index is 5.53. The molecule has 0 heterocycles. The summed E-state index contributed by atoms with van der Waals surface area (Å²) in [7, 11) is 0. The van der Waals surface area contributed by atoms with E-state index in [4.69, 9.17) is 61.6 Å². The quantitative estimate of drug-likeness (QED) is 0.0516. The molecule has 0 fully saturated rings. The first-order valence-electron chi connectivity index (χ1n) is 16.4. The third-order valence-corrected chi connectivity index (χ3v) is 6.23. The molecule has 0 saturated carbocycles. The number of alkyl halides is 1. The number of halogens is 1. The zero-order chi connectivity index (χ0) is 32.6. The van der Waals surface area contributed by atoms with Crippen molar-refractivity contribution in [2.24, 2.45) is 5.92 Å². The molecule has 0 radical (unpaired) electrons. The van der Waals surface area contributed by atoms with Crippen LogP contribution in [0.15, 0.2) is 0 Å². The van der Waals surface area contributed by atoms with Gasteiger partial charge in [-0.25, -0.2) is 0 Å². The van der Waals surface area contributed by atoms with Crippen molar-refractivity contribution in [1.29, 1.82) is 0 Å². The van der Waals surface area contributed by atoms with Crippen molar-refractivity contribution in [2.75, 3.05) is 176 Å². The maximum Gasteiger partial charge on any atom is 0.0701 e. The lowest BCUT2D eigenvalue weighted by Crippen LogP contribution is -2.15. The first-order chi connectivity index (χ1) is 22.3. The van der Waals surface area contributed by atoms with Gasteiger partial charge >= 0.3 is 0 Å². The molecule has 0 aliphatic rings. The van der Waals surface area contributed by atoms with Crippen LogP contribution in [-0.2, 0) is 61.6 Å². The van der Waals surface area contributed by atoms with Crippen LogP contribution in [0.25, 0.3) is 0 Å². The van der Waals surface area contributed by atoms with E-state index in [2.05, 4.69) is 36.4 Å². The monoisotopic (exact) mass is 770 g/mol. The lowest BCUT2D eigenvalue weighted by Gasteiger charge is -2.10. The number of ether oxygens (including phenoxy) is 13. The number of hydrogen-bond acceptors (Lipinski definition) is 13. The molecule has 0 aliphatic carbocycles. The average Bonchev–Trinajstić information content (AvgIpc) is 3.05. The Morgan fingerprint density at radius 3 is 0.667 bits per heavy atom. The Bertz CT molecular complexity index is 526. The second-order valence-electron chi connectivity index (χ2n) is 9.63. The Hall–Kier alpha value is 0.210. The van der Waals surface area contributed by atoms with Crippen LogP contribution in [0.5, 0.6) is 0 Å². The molecule has 0 N–H and O–H groups in total. The highest BCUT2D eigenvalue weighted by Crippen LogP contribution is 2.00. The number of rotatable bonds is 41. The smallest absolute Gasteiger partial charge is 0.0701 e. The van der Waals surface area contributed by atoms with Crippen LogP contribution < -0.4 is 0 Å². The van der Waals surface area contributed by atoms with Crippen LogP contribution in [0.4, 0.5) is 0 Å². The van der Waals surface area contributed by atoms with Crippen LogP contribution >= 0.6 is 22.6 Å². The summed E-state index contributed by atoms with van der Waals surface area (Å²) in [5.41, 5.74) is 0. The van der Waals surface area contributed by atoms with Gasteiger partial charge in [-0.2, -0.15) is 0 Å². The molecule has 0 aliphatic heterocycles. The standard InChI is InChI=1S/C31H63IO13/c1-3-31(2)30-45-29-28-44-27-26-43-25-24-42-23-22-41-21-20-40-19-18-39-17-16-38-15-14-37-13-12-36-11-10-35-9-8-34-7-6-33-5-4-32/h31H,3-30H2,1-2H3. The molecular weight excluding hydrogens is 707 g/mol. The minimum absolute atomic E-state index is 0.516. The summed E-state index contributed by atoms with van der Waals surface area (Å²) in [6.07, 6.45) is 1.13. The lowest BCUT2D eigenvalue weighted by atomic mass is 10.1. The summed E-state index contributed by atoms with van der Waals surface area (Å²) in [4.78, 5) is 0. The molecule has 0 spiro atoms. The van der Waals surface area contributed by atoms with E-state index in [1.807, 2.05) is 0 Å². The number of hydrogen-bond donors (Lipinski definition) is 0. The second-order valence-corrected chi connectivity index (χ2v) is 10.7. The first-order valence-corrected chi connectivity index (χ1v) is 17.9. The predicted octanol–water partition coefficient (Wildman–Crippen LogP) is 2.68. The van der Waals surface area contributed by atoms with E-state index in [0.717, 1.165) is 24.1 Å². The fourth-order valence-corrected chi connectivity index (χ4v) is 3.41. The van der Waals surface area contributed by atoms with E-state index < -0.39 is 0 Å². The molecular formula is C31H63IO13. The van der Waals surface area contributed by atoms with E-state index in [-0.39, 0.29) is 0 Å². The summed E-state index contributed by atoms with van der Waals surface area (Å²) in [5.74, 6) is 0.598. The summed E-state index contributed by atoms with van der Waals surface area (Å²) in [6, 6.07) is 0. The van der Waals surface area contributed by atoms with Crippen LogP contribution in [0.3, 0.4) is 0 Å². The molecule has 45 heavy (non-hydrogen) atoms. The molecule has 13 nitrogen and oxygen atoms in total. The maximum atomic E-state index is 5.53. The van der Waals surface area contributed by atoms with Gasteiger partial charge in [0.1, 0.15) is 0 Å². The first kappa shape index (κ1) is 45.2. The van der Waals surface area contributed by atoms with Crippen molar-refractivity contribution in [2.45, 2.75) is 20.3 Å². The fraction of sp³-hybridized carbons (Fsp3) is 1.00. The van der Waals surface area contributed by atoms with Gasteiger partial charge in [0.05, 0.1) is 165 Å². The van der Waals surface area contributed by atoms with Crippen molar-refractivity contribution in [3.63, 3.8) is 0 Å². The second kappa shape index (κ2) is 42.2. The third kappa shape index (κ3) is 42.2. The molecule has 0 amide bonds. The van der Waals surface area contributed by atoms with E-state index in [0.29, 0.717) is 164 Å². The molecule has 0 aromatic rings. The van der Waals surface area contributed by atoms with Gasteiger partial charge in [0, 0.05) is 11.0 Å². The fourth-order valence-electron chi connectivity index (χ4n) is 3.10. The molecule has 0 rings (SSSR count). The Morgan fingerprint density at radius 2 is 0.489 bits per heavy atom. The normalized spacial score (nSPS) is 12.3. The van der Waals surface area contributed by atoms with Crippen molar-refractivity contribution in [1.82, 2.24) is 0 Å². The molecule has 14 heteroatoms. The largest absolute Gasteiger partial charge is 0.379 e. The topological polar surface area (TPSA) is 120 Å². The molecule has 1 atom stereocenters. The zero-order valence-corrected chi connectivity index (χ0v) is 30.2. The summed E-state index contributed by atoms with van der Waals surface area (Å²) < 4.78 is 72.0. The van der Waals surface area contributed by atoms with E-state index in [1.165, 1.54) is 0 Å². The summed E-state index contributed by atoms with van der Waals surface area (Å²) >= 11 is 2.28. The van der Waals surface area contributed by atoms with Crippen LogP contribution in [0.1, 0.15) is 20.3 Å². The van der Waals surface area contributed by atoms with E-state index in [9.17, 15) is 0 Å². The highest BCUT2D eigenvalue weighted by Gasteiger charge is 1.99. The average molecular weight is 771 g/mol. The van der Waals surface area contributed by atoms with Crippen LogP contribution in [-0.4, -0.2) is 176 Å². The van der Waals surface area contributed by atoms with Gasteiger partial charge in [-0.1, -0.05) is 42.9 Å². The Balaban J connectivity index is 3.04. The minimum atomic E-state index is 0.516. The predicted molar refractivity (Wildman–Crippen MR) is 179 cm³/mol. The van der Waals surface area contributed by atoms with Crippen molar-refractivity contribution >= 4 is 22.6 Å². The summed E-state index contributed by atoms with van der Waals surface area (Å²) in [6.45, 7) is 19.0. The molecule has 0 aromatic carbocycles. The molecule has 272 valence electrons. The van der Waals surface area contributed by atoms with Gasteiger partial charge in [0.25, 0.3) is 0 Å². The Labute approximate surface area is 285 Å². The van der Waals surface area contributed by atoms with Crippen molar-refractivity contribution < 1.29 is 61.6 Å². The molecule has 0 saturated heterocycles. The third-order valence-electron chi connectivity index (χ3n) is 5.78. The zero-order valence-electron chi connectivity index (χ0n) is 28.1. The highest BCUT2D eigenvalue weighted by atomic mass is 127. The van der Waals surface area contributed by atoms with Gasteiger partial charge in [-0.3, -0.25) is 0 Å². The Kier molecular flexibility index (Phi) is 42.4. The van der Waals surface area contributed by atoms with Gasteiger partial charge in [0.15, 0.2) is 0 Å². The van der Waals surface area contributed by atoms with E-state index >= 15 is 0 Å². The highest BCUT2D eigenvalue weighted by molar-refractivity contribution is 14.1. The van der Waals surface area contributed by atoms with Gasteiger partial charge in [-0.05, 0) is 5.92 Å². The lowest BCUT2D eigenvalue weighted by molar-refractivity contribution is -0.0291. The van der Waals surface area contributed by atoms with Gasteiger partial charge in [-0.15, -0.1) is 0 Å². The Morgan fingerprint density at radius 1 is 0.311 bits per heavy atom. The van der Waals surface area contributed by atoms with Crippen molar-refractivity contribution in [3.8, 4) is 0 Å². The molecule has 1 unspecified atom stereocenters. The SMILES string of the molecule is CCC(C)COCCOCCOCCOCCOCCOCCOCCOCCOCCOCCOCCOCCOCCI. The van der Waals surface area contributed by atoms with E-state index in [1.54, 1.807) is 0 Å². The minimum Gasteiger partial charge on any atom is -0.379 e. The van der Waals surface area contributed by atoms with Gasteiger partial charge < -0.3 is 61.6 Å². The molecule has 0 bridgehead atoms. The molecule has 0 aromatic heterocycles.